The first kappa shape index (κ1) is 26.8. The number of hydrazone groups is 1. The quantitative estimate of drug-likeness (QED) is 0.224. The van der Waals surface area contributed by atoms with Gasteiger partial charge in [-0.25, -0.2) is 5.43 Å². The van der Waals surface area contributed by atoms with E-state index in [0.717, 1.165) is 5.56 Å². The van der Waals surface area contributed by atoms with Gasteiger partial charge in [-0.15, -0.1) is 0 Å². The van der Waals surface area contributed by atoms with Gasteiger partial charge in [0.05, 0.1) is 19.9 Å². The molecule has 0 aliphatic heterocycles. The molecule has 2 N–H and O–H groups in total. The Hall–Kier alpha value is -3.75. The third-order valence-electron chi connectivity index (χ3n) is 4.90. The zero-order valence-corrected chi connectivity index (χ0v) is 21.2. The number of halogens is 2. The Kier molecular flexibility index (Phi) is 9.97. The van der Waals surface area contributed by atoms with Crippen LogP contribution in [0.3, 0.4) is 0 Å². The summed E-state index contributed by atoms with van der Waals surface area (Å²) in [5.74, 6) is -0.0179. The van der Waals surface area contributed by atoms with E-state index in [9.17, 15) is 9.59 Å². The Balaban J connectivity index is 1.56. The van der Waals surface area contributed by atoms with Crippen LogP contribution in [0.2, 0.25) is 10.0 Å². The smallest absolute Gasteiger partial charge is 0.329 e. The molecule has 0 aliphatic carbocycles. The van der Waals surface area contributed by atoms with Gasteiger partial charge in [-0.05, 0) is 60.5 Å². The molecule has 0 unspecified atom stereocenters. The van der Waals surface area contributed by atoms with Crippen LogP contribution < -0.4 is 25.0 Å². The molecule has 0 aromatic heterocycles. The number of nitrogens with one attached hydrogen (secondary N) is 2. The fraction of sp³-hybridized carbons (Fsp3) is 0.192. The van der Waals surface area contributed by atoms with Gasteiger partial charge in [0, 0.05) is 22.2 Å². The molecule has 0 heterocycles. The maximum atomic E-state index is 12.0. The molecule has 2 amide bonds. The molecule has 0 saturated heterocycles. The van der Waals surface area contributed by atoms with Gasteiger partial charge in [0.1, 0.15) is 12.4 Å². The average Bonchev–Trinajstić information content (AvgIpc) is 2.88. The van der Waals surface area contributed by atoms with Crippen molar-refractivity contribution in [2.24, 2.45) is 5.10 Å². The first-order valence-electron chi connectivity index (χ1n) is 11.0. The SMILES string of the molecule is CCOc1cc(/C=N\NC(=O)C(=O)NCc2ccc(OC)cc2)ccc1OCc1c(Cl)cccc1Cl. The molecule has 10 heteroatoms. The van der Waals surface area contributed by atoms with Gasteiger partial charge in [0.2, 0.25) is 0 Å². The minimum Gasteiger partial charge on any atom is -0.497 e. The number of hydrogen-bond acceptors (Lipinski definition) is 6. The Morgan fingerprint density at radius 3 is 2.33 bits per heavy atom. The second kappa shape index (κ2) is 13.4. The van der Waals surface area contributed by atoms with Crippen LogP contribution >= 0.6 is 23.2 Å². The van der Waals surface area contributed by atoms with Gasteiger partial charge >= 0.3 is 11.8 Å². The van der Waals surface area contributed by atoms with E-state index in [4.69, 9.17) is 37.4 Å². The highest BCUT2D eigenvalue weighted by Gasteiger charge is 2.13. The van der Waals surface area contributed by atoms with E-state index >= 15 is 0 Å². The lowest BCUT2D eigenvalue weighted by Crippen LogP contribution is -2.37. The Morgan fingerprint density at radius 2 is 1.67 bits per heavy atom. The van der Waals surface area contributed by atoms with Crippen molar-refractivity contribution in [2.45, 2.75) is 20.1 Å². The molecular formula is C26H25Cl2N3O5. The summed E-state index contributed by atoms with van der Waals surface area (Å²) in [7, 11) is 1.57. The van der Waals surface area contributed by atoms with Crippen LogP contribution in [-0.4, -0.2) is 31.7 Å². The lowest BCUT2D eigenvalue weighted by molar-refractivity contribution is -0.139. The molecule has 3 aromatic rings. The van der Waals surface area contributed by atoms with Crippen LogP contribution in [0.4, 0.5) is 0 Å². The monoisotopic (exact) mass is 529 g/mol. The first-order chi connectivity index (χ1) is 17.4. The van der Waals surface area contributed by atoms with Gasteiger partial charge < -0.3 is 19.5 Å². The second-order valence-corrected chi connectivity index (χ2v) is 8.17. The molecular weight excluding hydrogens is 505 g/mol. The molecule has 188 valence electrons. The number of carbonyl (C=O) groups is 2. The van der Waals surface area contributed by atoms with Gasteiger partial charge in [-0.3, -0.25) is 9.59 Å². The summed E-state index contributed by atoms with van der Waals surface area (Å²) in [4.78, 5) is 24.1. The van der Waals surface area contributed by atoms with Crippen LogP contribution in [0.5, 0.6) is 17.2 Å². The van der Waals surface area contributed by atoms with E-state index in [-0.39, 0.29) is 13.2 Å². The van der Waals surface area contributed by atoms with Crippen LogP contribution in [0, 0.1) is 0 Å². The standard InChI is InChI=1S/C26H25Cl2N3O5/c1-3-35-24-13-18(9-12-23(24)36-16-20-21(27)5-4-6-22(20)28)15-30-31-26(33)25(32)29-14-17-7-10-19(34-2)11-8-17/h4-13,15H,3,14,16H2,1-2H3,(H,29,32)(H,31,33)/b30-15-. The molecule has 0 spiro atoms. The Labute approximate surface area is 219 Å². The van der Waals surface area contributed by atoms with Crippen molar-refractivity contribution in [3.05, 3.63) is 87.4 Å². The van der Waals surface area contributed by atoms with Crippen molar-refractivity contribution < 1.29 is 23.8 Å². The number of hydrogen-bond donors (Lipinski definition) is 2. The Bertz CT molecular complexity index is 1210. The van der Waals surface area contributed by atoms with E-state index in [2.05, 4.69) is 15.8 Å². The topological polar surface area (TPSA) is 98.2 Å². The van der Waals surface area contributed by atoms with Crippen LogP contribution in [-0.2, 0) is 22.7 Å². The van der Waals surface area contributed by atoms with Gasteiger partial charge in [-0.1, -0.05) is 41.4 Å². The van der Waals surface area contributed by atoms with Gasteiger partial charge in [-0.2, -0.15) is 5.10 Å². The number of nitrogens with zero attached hydrogens (tertiary/aromatic N) is 1. The molecule has 8 nitrogen and oxygen atoms in total. The predicted octanol–water partition coefficient (Wildman–Crippen LogP) is 4.75. The number of benzene rings is 3. The summed E-state index contributed by atoms with van der Waals surface area (Å²) in [5.41, 5.74) is 4.32. The summed E-state index contributed by atoms with van der Waals surface area (Å²) in [6.45, 7) is 2.61. The third-order valence-corrected chi connectivity index (χ3v) is 5.61. The summed E-state index contributed by atoms with van der Waals surface area (Å²) < 4.78 is 16.6. The largest absolute Gasteiger partial charge is 0.497 e. The highest BCUT2D eigenvalue weighted by atomic mass is 35.5. The molecule has 0 saturated carbocycles. The second-order valence-electron chi connectivity index (χ2n) is 7.36. The number of rotatable bonds is 10. The van der Waals surface area contributed by atoms with Crippen LogP contribution in [0.15, 0.2) is 65.8 Å². The van der Waals surface area contributed by atoms with Crippen molar-refractivity contribution in [3.63, 3.8) is 0 Å². The lowest BCUT2D eigenvalue weighted by Gasteiger charge is -2.14. The first-order valence-corrected chi connectivity index (χ1v) is 11.7. The fourth-order valence-corrected chi connectivity index (χ4v) is 3.54. The van der Waals surface area contributed by atoms with Crippen molar-refractivity contribution in [1.29, 1.82) is 0 Å². The van der Waals surface area contributed by atoms with E-state index in [1.54, 1.807) is 67.8 Å². The van der Waals surface area contributed by atoms with Gasteiger partial charge in [0.15, 0.2) is 11.5 Å². The minimum absolute atomic E-state index is 0.160. The van der Waals surface area contributed by atoms with E-state index in [1.165, 1.54) is 6.21 Å². The molecule has 0 fully saturated rings. The van der Waals surface area contributed by atoms with Crippen molar-refractivity contribution in [1.82, 2.24) is 10.7 Å². The average molecular weight is 530 g/mol. The molecule has 3 aromatic carbocycles. The molecule has 0 aliphatic rings. The number of amides is 2. The highest BCUT2D eigenvalue weighted by molar-refractivity contribution is 6.36. The number of carbonyl (C=O) groups excluding carboxylic acids is 2. The van der Waals surface area contributed by atoms with E-state index in [0.29, 0.717) is 45.0 Å². The predicted molar refractivity (Wildman–Crippen MR) is 139 cm³/mol. The third kappa shape index (κ3) is 7.63. The Morgan fingerprint density at radius 1 is 0.944 bits per heavy atom. The summed E-state index contributed by atoms with van der Waals surface area (Å²) in [6, 6.07) is 17.5. The molecule has 3 rings (SSSR count). The summed E-state index contributed by atoms with van der Waals surface area (Å²) in [5, 5.41) is 7.40. The van der Waals surface area contributed by atoms with E-state index < -0.39 is 11.8 Å². The number of ether oxygens (including phenoxy) is 3. The molecule has 0 bridgehead atoms. The fourth-order valence-electron chi connectivity index (χ4n) is 3.03. The van der Waals surface area contributed by atoms with Crippen molar-refractivity contribution in [2.75, 3.05) is 13.7 Å². The van der Waals surface area contributed by atoms with Gasteiger partial charge in [0.25, 0.3) is 0 Å². The van der Waals surface area contributed by atoms with Crippen LogP contribution in [0.25, 0.3) is 0 Å². The zero-order chi connectivity index (χ0) is 25.9. The van der Waals surface area contributed by atoms with Crippen molar-refractivity contribution in [3.8, 4) is 17.2 Å². The lowest BCUT2D eigenvalue weighted by atomic mass is 10.2. The molecule has 36 heavy (non-hydrogen) atoms. The normalized spacial score (nSPS) is 10.7. The summed E-state index contributed by atoms with van der Waals surface area (Å²) >= 11 is 12.4. The maximum absolute atomic E-state index is 12.0. The van der Waals surface area contributed by atoms with E-state index in [1.807, 2.05) is 6.92 Å². The minimum atomic E-state index is -0.888. The summed E-state index contributed by atoms with van der Waals surface area (Å²) in [6.07, 6.45) is 1.39. The van der Waals surface area contributed by atoms with Crippen molar-refractivity contribution >= 4 is 41.2 Å². The highest BCUT2D eigenvalue weighted by Crippen LogP contribution is 2.31. The maximum Gasteiger partial charge on any atom is 0.329 e. The van der Waals surface area contributed by atoms with Crippen LogP contribution in [0.1, 0.15) is 23.6 Å². The molecule has 0 atom stereocenters. The zero-order valence-electron chi connectivity index (χ0n) is 19.7. The molecule has 0 radical (unpaired) electrons. The number of methoxy groups -OCH3 is 1.